The maximum atomic E-state index is 9.70. The molecule has 1 aromatic rings. The third kappa shape index (κ3) is 1.86. The van der Waals surface area contributed by atoms with Gasteiger partial charge in [0.15, 0.2) is 0 Å². The average Bonchev–Trinajstić information content (AvgIpc) is 2.27. The molecule has 0 fully saturated rings. The summed E-state index contributed by atoms with van der Waals surface area (Å²) in [5.74, 6) is 0.981. The molecule has 2 rings (SSSR count). The number of benzene rings is 1. The van der Waals surface area contributed by atoms with Gasteiger partial charge in [-0.1, -0.05) is 6.07 Å². The van der Waals surface area contributed by atoms with E-state index in [1.165, 1.54) is 24.0 Å². The lowest BCUT2D eigenvalue weighted by molar-refractivity contribution is 0.197. The molecule has 1 aromatic carbocycles. The van der Waals surface area contributed by atoms with E-state index in [2.05, 4.69) is 0 Å². The Morgan fingerprint density at radius 1 is 1.20 bits per heavy atom. The molecule has 2 nitrogen and oxygen atoms in total. The van der Waals surface area contributed by atoms with E-state index < -0.39 is 0 Å². The van der Waals surface area contributed by atoms with Crippen molar-refractivity contribution in [3.8, 4) is 5.75 Å². The number of hydrogen-bond donors (Lipinski definition) is 1. The van der Waals surface area contributed by atoms with Crippen LogP contribution in [0.15, 0.2) is 12.1 Å². The number of aliphatic hydroxyl groups excluding tert-OH is 1. The van der Waals surface area contributed by atoms with Gasteiger partial charge >= 0.3 is 0 Å². The molecule has 0 saturated heterocycles. The van der Waals surface area contributed by atoms with Crippen molar-refractivity contribution in [2.45, 2.75) is 38.7 Å². The van der Waals surface area contributed by atoms with Crippen molar-refractivity contribution in [2.24, 2.45) is 0 Å². The van der Waals surface area contributed by atoms with Gasteiger partial charge < -0.3 is 9.84 Å². The lowest BCUT2D eigenvalue weighted by Crippen LogP contribution is -2.09. The largest absolute Gasteiger partial charge is 0.496 e. The number of aliphatic hydroxyl groups is 1. The molecule has 1 aliphatic carbocycles. The second-order valence-electron chi connectivity index (χ2n) is 4.20. The van der Waals surface area contributed by atoms with Gasteiger partial charge in [-0.15, -0.1) is 0 Å². The minimum absolute atomic E-state index is 0.372. The summed E-state index contributed by atoms with van der Waals surface area (Å²) in [7, 11) is 1.71. The summed E-state index contributed by atoms with van der Waals surface area (Å²) in [6, 6.07) is 3.97. The van der Waals surface area contributed by atoms with E-state index in [0.717, 1.165) is 24.2 Å². The van der Waals surface area contributed by atoms with Crippen molar-refractivity contribution in [3.63, 3.8) is 0 Å². The van der Waals surface area contributed by atoms with Crippen molar-refractivity contribution < 1.29 is 9.84 Å². The maximum absolute atomic E-state index is 9.70. The number of methoxy groups -OCH3 is 1. The number of fused-ring (bicyclic) bond motifs is 1. The van der Waals surface area contributed by atoms with Crippen molar-refractivity contribution in [1.29, 1.82) is 0 Å². The van der Waals surface area contributed by atoms with E-state index in [1.54, 1.807) is 7.11 Å². The van der Waals surface area contributed by atoms with E-state index >= 15 is 0 Å². The molecule has 0 aromatic heterocycles. The minimum Gasteiger partial charge on any atom is -0.496 e. The first-order chi connectivity index (χ1) is 7.24. The molecule has 1 aliphatic rings. The van der Waals surface area contributed by atoms with Crippen molar-refractivity contribution in [2.75, 3.05) is 7.11 Å². The summed E-state index contributed by atoms with van der Waals surface area (Å²) in [5.41, 5.74) is 3.70. The van der Waals surface area contributed by atoms with Crippen LogP contribution in [-0.2, 0) is 12.8 Å². The van der Waals surface area contributed by atoms with E-state index in [9.17, 15) is 5.11 Å². The van der Waals surface area contributed by atoms with Crippen LogP contribution >= 0.6 is 0 Å². The number of rotatable bonds is 2. The smallest absolute Gasteiger partial charge is 0.122 e. The quantitative estimate of drug-likeness (QED) is 0.806. The van der Waals surface area contributed by atoms with Crippen molar-refractivity contribution >= 4 is 0 Å². The highest BCUT2D eigenvalue weighted by molar-refractivity contribution is 5.47. The molecule has 1 atom stereocenters. The second kappa shape index (κ2) is 4.23. The number of ether oxygens (including phenoxy) is 1. The Hall–Kier alpha value is -1.02. The Morgan fingerprint density at radius 3 is 2.47 bits per heavy atom. The average molecular weight is 206 g/mol. The van der Waals surface area contributed by atoms with Gasteiger partial charge in [0, 0.05) is 0 Å². The molecular formula is C13H18O2. The van der Waals surface area contributed by atoms with Crippen LogP contribution < -0.4 is 4.74 Å². The highest BCUT2D eigenvalue weighted by Crippen LogP contribution is 2.34. The molecule has 82 valence electrons. The number of hydrogen-bond acceptors (Lipinski definition) is 2. The van der Waals surface area contributed by atoms with Crippen LogP contribution in [0.5, 0.6) is 5.75 Å². The van der Waals surface area contributed by atoms with Gasteiger partial charge in [0.2, 0.25) is 0 Å². The molecule has 1 unspecified atom stereocenters. The fourth-order valence-corrected chi connectivity index (χ4v) is 2.45. The molecule has 0 bridgehead atoms. The Bertz CT molecular complexity index is 356. The zero-order valence-corrected chi connectivity index (χ0v) is 9.42. The van der Waals surface area contributed by atoms with Crippen LogP contribution in [0.25, 0.3) is 0 Å². The topological polar surface area (TPSA) is 29.5 Å². The second-order valence-corrected chi connectivity index (χ2v) is 4.20. The summed E-state index contributed by atoms with van der Waals surface area (Å²) in [5, 5.41) is 9.70. The highest BCUT2D eigenvalue weighted by Gasteiger charge is 2.19. The van der Waals surface area contributed by atoms with E-state index in [1.807, 2.05) is 19.1 Å². The predicted octanol–water partition coefficient (Wildman–Crippen LogP) is 2.63. The monoisotopic (exact) mass is 206 g/mol. The van der Waals surface area contributed by atoms with Gasteiger partial charge in [-0.25, -0.2) is 0 Å². The molecule has 2 heteroatoms. The van der Waals surface area contributed by atoms with Gasteiger partial charge in [-0.05, 0) is 55.4 Å². The Labute approximate surface area is 90.9 Å². The summed E-state index contributed by atoms with van der Waals surface area (Å²) in [6.07, 6.45) is 4.24. The van der Waals surface area contributed by atoms with Crippen LogP contribution in [0, 0.1) is 0 Å². The summed E-state index contributed by atoms with van der Waals surface area (Å²) in [4.78, 5) is 0. The molecule has 0 amide bonds. The summed E-state index contributed by atoms with van der Waals surface area (Å²) < 4.78 is 5.37. The zero-order chi connectivity index (χ0) is 10.8. The third-order valence-corrected chi connectivity index (χ3v) is 3.20. The Kier molecular flexibility index (Phi) is 2.96. The van der Waals surface area contributed by atoms with Gasteiger partial charge in [-0.2, -0.15) is 0 Å². The van der Waals surface area contributed by atoms with Gasteiger partial charge in [0.25, 0.3) is 0 Å². The first-order valence-corrected chi connectivity index (χ1v) is 5.60. The van der Waals surface area contributed by atoms with Gasteiger partial charge in [-0.3, -0.25) is 0 Å². The van der Waals surface area contributed by atoms with E-state index in [0.29, 0.717) is 0 Å². The zero-order valence-electron chi connectivity index (χ0n) is 9.42. The first-order valence-electron chi connectivity index (χ1n) is 5.60. The molecule has 0 saturated carbocycles. The summed E-state index contributed by atoms with van der Waals surface area (Å²) >= 11 is 0. The Balaban J connectivity index is 2.52. The molecule has 0 spiro atoms. The fourth-order valence-electron chi connectivity index (χ4n) is 2.45. The van der Waals surface area contributed by atoms with Crippen LogP contribution in [-0.4, -0.2) is 12.2 Å². The standard InChI is InChI=1S/C13H18O2/c1-9(14)10-7-8-13(15-2)12-6-4-3-5-11(10)12/h7-9,14H,3-6H2,1-2H3. The highest BCUT2D eigenvalue weighted by atomic mass is 16.5. The normalized spacial score (nSPS) is 17.0. The molecule has 15 heavy (non-hydrogen) atoms. The lowest BCUT2D eigenvalue weighted by Gasteiger charge is -2.23. The van der Waals surface area contributed by atoms with Crippen molar-refractivity contribution in [3.05, 3.63) is 28.8 Å². The molecule has 0 heterocycles. The third-order valence-electron chi connectivity index (χ3n) is 3.20. The maximum Gasteiger partial charge on any atom is 0.122 e. The lowest BCUT2D eigenvalue weighted by atomic mass is 9.86. The SMILES string of the molecule is COc1ccc(C(C)O)c2c1CCCC2. The van der Waals surface area contributed by atoms with Crippen LogP contribution in [0.4, 0.5) is 0 Å². The van der Waals surface area contributed by atoms with E-state index in [-0.39, 0.29) is 6.10 Å². The van der Waals surface area contributed by atoms with Gasteiger partial charge in [0.05, 0.1) is 13.2 Å². The van der Waals surface area contributed by atoms with E-state index in [4.69, 9.17) is 4.74 Å². The van der Waals surface area contributed by atoms with Crippen LogP contribution in [0.3, 0.4) is 0 Å². The molecular weight excluding hydrogens is 188 g/mol. The molecule has 1 N–H and O–H groups in total. The summed E-state index contributed by atoms with van der Waals surface area (Å²) in [6.45, 7) is 1.83. The minimum atomic E-state index is -0.372. The van der Waals surface area contributed by atoms with Crippen molar-refractivity contribution in [1.82, 2.24) is 0 Å². The van der Waals surface area contributed by atoms with Crippen LogP contribution in [0.2, 0.25) is 0 Å². The molecule has 0 aliphatic heterocycles. The first kappa shape index (κ1) is 10.5. The van der Waals surface area contributed by atoms with Gasteiger partial charge in [0.1, 0.15) is 5.75 Å². The van der Waals surface area contributed by atoms with Crippen LogP contribution in [0.1, 0.15) is 42.6 Å². The Morgan fingerprint density at radius 2 is 1.87 bits per heavy atom. The predicted molar refractivity (Wildman–Crippen MR) is 60.3 cm³/mol. The molecule has 0 radical (unpaired) electrons. The fraction of sp³-hybridized carbons (Fsp3) is 0.538.